The highest BCUT2D eigenvalue weighted by Gasteiger charge is 2.32. The van der Waals surface area contributed by atoms with Crippen LogP contribution in [0.4, 0.5) is 4.39 Å². The summed E-state index contributed by atoms with van der Waals surface area (Å²) in [5.41, 5.74) is 9.99. The van der Waals surface area contributed by atoms with Gasteiger partial charge in [-0.05, 0) is 61.7 Å². The number of para-hydroxylation sites is 1. The van der Waals surface area contributed by atoms with Crippen molar-refractivity contribution in [3.05, 3.63) is 124 Å². The maximum absolute atomic E-state index is 14.1. The van der Waals surface area contributed by atoms with Crippen molar-refractivity contribution in [2.24, 2.45) is 5.73 Å². The van der Waals surface area contributed by atoms with Gasteiger partial charge in [0.2, 0.25) is 5.88 Å². The average Bonchev–Trinajstić information content (AvgIpc) is 3.00. The van der Waals surface area contributed by atoms with E-state index in [2.05, 4.69) is 6.07 Å². The van der Waals surface area contributed by atoms with E-state index in [1.54, 1.807) is 54.6 Å². The Balaban J connectivity index is 1.38. The fourth-order valence-electron chi connectivity index (χ4n) is 5.02. The van der Waals surface area contributed by atoms with Gasteiger partial charge in [-0.25, -0.2) is 9.18 Å². The number of hydrogen-bond acceptors (Lipinski definition) is 8. The fourth-order valence-corrected chi connectivity index (χ4v) is 5.02. The van der Waals surface area contributed by atoms with Crippen LogP contribution >= 0.6 is 0 Å². The first kappa shape index (κ1) is 30.0. The molecule has 1 unspecified atom stereocenters. The number of benzene rings is 4. The lowest BCUT2D eigenvalue weighted by Gasteiger charge is -2.27. The van der Waals surface area contributed by atoms with Crippen LogP contribution in [0, 0.1) is 31.0 Å². The quantitative estimate of drug-likeness (QED) is 0.161. The molecule has 4 aromatic carbocycles. The van der Waals surface area contributed by atoms with E-state index in [1.807, 2.05) is 39.0 Å². The van der Waals surface area contributed by atoms with Crippen LogP contribution in [0.2, 0.25) is 0 Å². The van der Waals surface area contributed by atoms with Crippen molar-refractivity contribution in [2.75, 3.05) is 13.2 Å². The van der Waals surface area contributed by atoms with Crippen LogP contribution in [0.3, 0.4) is 0 Å². The number of fused-ring (bicyclic) bond motifs is 1. The third-order valence-corrected chi connectivity index (χ3v) is 7.11. The van der Waals surface area contributed by atoms with Gasteiger partial charge in [-0.2, -0.15) is 5.26 Å². The summed E-state index contributed by atoms with van der Waals surface area (Å²) in [5, 5.41) is 10.0. The Hall–Kier alpha value is -5.49. The second-order valence-corrected chi connectivity index (χ2v) is 10.1. The molecule has 0 saturated heterocycles. The van der Waals surface area contributed by atoms with Gasteiger partial charge in [0.25, 0.3) is 0 Å². The van der Waals surface area contributed by atoms with Gasteiger partial charge in [-0.15, -0.1) is 0 Å². The number of hydrogen-bond donors (Lipinski definition) is 1. The molecule has 1 aliphatic heterocycles. The molecule has 0 amide bonds. The minimum atomic E-state index is -0.597. The Bertz CT molecular complexity index is 1760. The average molecular weight is 595 g/mol. The molecule has 0 radical (unpaired) electrons. The first-order chi connectivity index (χ1) is 21.3. The Kier molecular flexibility index (Phi) is 9.01. The molecule has 1 aliphatic rings. The summed E-state index contributed by atoms with van der Waals surface area (Å²) in [4.78, 5) is 12.6. The second-order valence-electron chi connectivity index (χ2n) is 10.1. The lowest BCUT2D eigenvalue weighted by atomic mass is 9.83. The number of halogens is 1. The van der Waals surface area contributed by atoms with Crippen LogP contribution in [-0.4, -0.2) is 19.2 Å². The van der Waals surface area contributed by atoms with Gasteiger partial charge in [-0.1, -0.05) is 48.5 Å². The van der Waals surface area contributed by atoms with E-state index < -0.39 is 11.9 Å². The molecule has 9 heteroatoms. The Morgan fingerprint density at radius 1 is 0.955 bits per heavy atom. The summed E-state index contributed by atoms with van der Waals surface area (Å²) in [6, 6.07) is 24.5. The van der Waals surface area contributed by atoms with Gasteiger partial charge in [0.15, 0.2) is 18.1 Å². The minimum Gasteiger partial charge on any atom is -0.490 e. The predicted molar refractivity (Wildman–Crippen MR) is 161 cm³/mol. The fraction of sp³-hybridized carbons (Fsp3) is 0.200. The third kappa shape index (κ3) is 6.45. The topological polar surface area (TPSA) is 113 Å². The first-order valence-electron chi connectivity index (χ1n) is 14.0. The van der Waals surface area contributed by atoms with Gasteiger partial charge in [0.05, 0.1) is 12.5 Å². The molecule has 0 spiro atoms. The molecule has 0 aliphatic carbocycles. The molecular formula is C35H31FN2O6. The molecule has 1 atom stereocenters. The number of allylic oxidation sites excluding steroid dienone is 1. The van der Waals surface area contributed by atoms with E-state index in [4.69, 9.17) is 29.4 Å². The maximum atomic E-state index is 14.1. The molecular weight excluding hydrogens is 563 g/mol. The number of nitrogens with zero attached hydrogens (tertiary/aromatic N) is 1. The number of aryl methyl sites for hydroxylation is 2. The van der Waals surface area contributed by atoms with Crippen molar-refractivity contribution in [3.63, 3.8) is 0 Å². The zero-order valence-electron chi connectivity index (χ0n) is 24.6. The van der Waals surface area contributed by atoms with Crippen molar-refractivity contribution in [1.82, 2.24) is 0 Å². The van der Waals surface area contributed by atoms with Crippen LogP contribution < -0.4 is 29.4 Å². The SMILES string of the molecule is CCOc1cc(C2C(C#N)=C(N)Oc3cc(OC(=O)COc4c(C)cccc4C)ccc32)ccc1OCc1ccccc1F. The van der Waals surface area contributed by atoms with E-state index >= 15 is 0 Å². The lowest BCUT2D eigenvalue weighted by Crippen LogP contribution is -2.22. The maximum Gasteiger partial charge on any atom is 0.349 e. The highest BCUT2D eigenvalue weighted by molar-refractivity contribution is 5.74. The molecule has 0 aromatic heterocycles. The summed E-state index contributed by atoms with van der Waals surface area (Å²) in [6.07, 6.45) is 0. The van der Waals surface area contributed by atoms with Crippen molar-refractivity contribution in [2.45, 2.75) is 33.3 Å². The molecule has 44 heavy (non-hydrogen) atoms. The summed E-state index contributed by atoms with van der Waals surface area (Å²) >= 11 is 0. The van der Waals surface area contributed by atoms with E-state index in [0.29, 0.717) is 46.3 Å². The number of carbonyl (C=O) groups is 1. The van der Waals surface area contributed by atoms with E-state index in [1.165, 1.54) is 6.07 Å². The van der Waals surface area contributed by atoms with Crippen LogP contribution in [0.1, 0.15) is 40.7 Å². The number of nitrogens with two attached hydrogens (primary N) is 1. The van der Waals surface area contributed by atoms with Crippen LogP contribution in [0.25, 0.3) is 0 Å². The normalized spacial score (nSPS) is 13.8. The van der Waals surface area contributed by atoms with Crippen LogP contribution in [0.15, 0.2) is 90.3 Å². The number of esters is 1. The highest BCUT2D eigenvalue weighted by Crippen LogP contribution is 2.45. The van der Waals surface area contributed by atoms with Crippen molar-refractivity contribution in [1.29, 1.82) is 5.26 Å². The van der Waals surface area contributed by atoms with E-state index in [0.717, 1.165) is 11.1 Å². The largest absolute Gasteiger partial charge is 0.490 e. The van der Waals surface area contributed by atoms with Crippen molar-refractivity contribution >= 4 is 5.97 Å². The lowest BCUT2D eigenvalue weighted by molar-refractivity contribution is -0.136. The molecule has 8 nitrogen and oxygen atoms in total. The van der Waals surface area contributed by atoms with Crippen LogP contribution in [0.5, 0.6) is 28.7 Å². The molecule has 224 valence electrons. The summed E-state index contributed by atoms with van der Waals surface area (Å²) in [5.74, 6) is 0.450. The zero-order valence-corrected chi connectivity index (χ0v) is 24.6. The molecule has 0 saturated carbocycles. The van der Waals surface area contributed by atoms with Crippen LogP contribution in [-0.2, 0) is 11.4 Å². The summed E-state index contributed by atoms with van der Waals surface area (Å²) in [6.45, 7) is 5.74. The van der Waals surface area contributed by atoms with Gasteiger partial charge in [0, 0.05) is 17.2 Å². The molecule has 5 rings (SSSR count). The number of carbonyl (C=O) groups excluding carboxylic acids is 1. The third-order valence-electron chi connectivity index (χ3n) is 7.11. The van der Waals surface area contributed by atoms with E-state index in [9.17, 15) is 14.4 Å². The first-order valence-corrected chi connectivity index (χ1v) is 14.0. The second kappa shape index (κ2) is 13.2. The zero-order chi connectivity index (χ0) is 31.2. The molecule has 2 N–H and O–H groups in total. The van der Waals surface area contributed by atoms with Crippen molar-refractivity contribution in [3.8, 4) is 34.8 Å². The van der Waals surface area contributed by atoms with Gasteiger partial charge >= 0.3 is 5.97 Å². The molecule has 0 fully saturated rings. The Labute approximate surface area is 255 Å². The highest BCUT2D eigenvalue weighted by atomic mass is 19.1. The number of nitriles is 1. The monoisotopic (exact) mass is 594 g/mol. The summed E-state index contributed by atoms with van der Waals surface area (Å²) in [7, 11) is 0. The smallest absolute Gasteiger partial charge is 0.349 e. The number of ether oxygens (including phenoxy) is 5. The van der Waals surface area contributed by atoms with E-state index in [-0.39, 0.29) is 36.2 Å². The minimum absolute atomic E-state index is 0.0135. The molecule has 0 bridgehead atoms. The van der Waals surface area contributed by atoms with Crippen molar-refractivity contribution < 1.29 is 32.9 Å². The van der Waals surface area contributed by atoms with Gasteiger partial charge in [-0.3, -0.25) is 0 Å². The number of rotatable bonds is 10. The van der Waals surface area contributed by atoms with Gasteiger partial charge in [0.1, 0.15) is 41.3 Å². The molecule has 1 heterocycles. The molecule has 4 aromatic rings. The Morgan fingerprint density at radius 2 is 1.73 bits per heavy atom. The Morgan fingerprint density at radius 3 is 2.45 bits per heavy atom. The standard InChI is InChI=1S/C35H31FN2O6/c1-4-40-31-16-23(12-15-29(31)41-19-24-10-5-6-11-28(24)36)33-26-14-13-25(17-30(26)44-35(38)27(33)18-37)43-32(39)20-42-34-21(2)8-7-9-22(34)3/h5-17,33H,4,19-20,38H2,1-3H3. The predicted octanol–water partition coefficient (Wildman–Crippen LogP) is 6.62. The summed E-state index contributed by atoms with van der Waals surface area (Å²) < 4.78 is 42.9. The van der Waals surface area contributed by atoms with Gasteiger partial charge < -0.3 is 29.4 Å².